The Hall–Kier alpha value is -17.2. The number of nitrogens with zero attached hydrogens (tertiary/aromatic N) is 13. The van der Waals surface area contributed by atoms with Gasteiger partial charge in [0.1, 0.15) is 46.0 Å². The van der Waals surface area contributed by atoms with E-state index in [0.29, 0.717) is 40.5 Å². The molecule has 0 aliphatic carbocycles. The van der Waals surface area contributed by atoms with E-state index >= 15 is 0 Å². The average Bonchev–Trinajstić information content (AvgIpc) is 1.71. The van der Waals surface area contributed by atoms with E-state index in [9.17, 15) is 4.79 Å². The van der Waals surface area contributed by atoms with Crippen molar-refractivity contribution in [3.63, 3.8) is 0 Å². The van der Waals surface area contributed by atoms with E-state index in [2.05, 4.69) is 162 Å². The minimum Gasteiger partial charge on any atom is -0.512 e. The van der Waals surface area contributed by atoms with Crippen LogP contribution in [0.2, 0.25) is 0 Å². The molecule has 0 atom stereocenters. The predicted octanol–water partition coefficient (Wildman–Crippen LogP) is 23.9. The standard InChI is InChI=1S/2C23H13BNO2.2C23H13N2O2.C12H8N3.C11H7N4.C5H8O2.4Ir/c2*1-3-10-19-16(7-1)24-17-8-2-4-11-20(17)27-22-14-15(13-21(26-19)23(22)24)18-9-5-6-12-25-18;2*1-3-10-19-17(8-1)25-18-9-2-4-11-20(18)27-22-14-15(13-21(26-19)23(22)25)16-7-5-6-12-24-16;1-2-6-10-9(5-1)14-12(15-10)11-7-3-4-8-13-11;1-2-5-9-8(4-1)14-11(15-9)10-12-6-3-7-13-10;1-4(6)3-5(2)7;;;;/h4*1-13H;1-8H;1-7H;3,6H,1-2H3;;;;/q6*-1;;;;;. The third kappa shape index (κ3) is 20.1. The second-order valence-electron chi connectivity index (χ2n) is 34.0. The minimum atomic E-state index is -0.125. The number of benzene rings is 14. The van der Waals surface area contributed by atoms with Gasteiger partial charge in [-0.3, -0.25) is 9.78 Å². The Labute approximate surface area is 910 Å². The number of carbonyl (C=O) groups is 1. The number of anilines is 6. The number of aliphatic hydroxyl groups is 1. The van der Waals surface area contributed by atoms with Gasteiger partial charge >= 0.3 is 0 Å². The number of allylic oxidation sites excluding steroid dienone is 2. The van der Waals surface area contributed by atoms with Crippen molar-refractivity contribution in [1.82, 2.24) is 54.8 Å². The topological polar surface area (TPSA) is 262 Å². The van der Waals surface area contributed by atoms with Gasteiger partial charge < -0.3 is 92.7 Å². The molecular formula is C120H75B2Ir4N13O10-6. The fraction of sp³-hybridized carbons (Fsp3) is 0.0167. The van der Waals surface area contributed by atoms with Crippen LogP contribution >= 0.6 is 0 Å². The van der Waals surface area contributed by atoms with Gasteiger partial charge in [-0.2, -0.15) is 0 Å². The molecular weight excluding hydrogens is 2570 g/mol. The van der Waals surface area contributed by atoms with Gasteiger partial charge in [-0.1, -0.05) is 272 Å². The first-order valence-electron chi connectivity index (χ1n) is 46.7. The smallest absolute Gasteiger partial charge is 0.208 e. The first-order chi connectivity index (χ1) is 71.5. The molecule has 0 bridgehead atoms. The molecule has 0 saturated carbocycles. The quantitative estimate of drug-likeness (QED) is 0.0672. The normalized spacial score (nSPS) is 12.1. The van der Waals surface area contributed by atoms with E-state index < -0.39 is 0 Å². The van der Waals surface area contributed by atoms with Crippen molar-refractivity contribution >= 4 is 108 Å². The number of hydrogen-bond donors (Lipinski definition) is 1. The zero-order valence-electron chi connectivity index (χ0n) is 78.7. The van der Waals surface area contributed by atoms with Crippen LogP contribution in [0.15, 0.2) is 419 Å². The van der Waals surface area contributed by atoms with Gasteiger partial charge in [0.05, 0.1) is 57.2 Å². The number of rotatable bonds is 7. The summed E-state index contributed by atoms with van der Waals surface area (Å²) in [4.78, 5) is 62.1. The molecule has 728 valence electrons. The number of pyridine rings is 5. The first-order valence-corrected chi connectivity index (χ1v) is 46.7. The van der Waals surface area contributed by atoms with Crippen LogP contribution in [-0.2, 0) is 85.2 Å². The molecule has 0 spiro atoms. The van der Waals surface area contributed by atoms with Gasteiger partial charge in [0, 0.05) is 164 Å². The maximum absolute atomic E-state index is 10.0. The molecule has 0 amide bonds. The summed E-state index contributed by atoms with van der Waals surface area (Å²) >= 11 is 0. The number of aromatic nitrogens is 11. The summed E-state index contributed by atoms with van der Waals surface area (Å²) in [6.45, 7) is 3.01. The number of ketones is 1. The molecule has 149 heavy (non-hydrogen) atoms. The van der Waals surface area contributed by atoms with Crippen molar-refractivity contribution in [3.05, 3.63) is 443 Å². The molecule has 8 aliphatic heterocycles. The van der Waals surface area contributed by atoms with Gasteiger partial charge in [0.15, 0.2) is 11.6 Å². The molecule has 29 heteroatoms. The third-order valence-electron chi connectivity index (χ3n) is 24.6. The Morgan fingerprint density at radius 1 is 0.289 bits per heavy atom. The van der Waals surface area contributed by atoms with E-state index in [1.54, 1.807) is 49.4 Å². The van der Waals surface area contributed by atoms with Crippen molar-refractivity contribution in [2.75, 3.05) is 9.80 Å². The summed E-state index contributed by atoms with van der Waals surface area (Å²) in [5.74, 6) is 14.3. The molecule has 0 unspecified atom stereocenters. The minimum absolute atomic E-state index is 0. The number of aliphatic hydroxyl groups excluding tert-OH is 1. The Morgan fingerprint density at radius 2 is 0.564 bits per heavy atom. The van der Waals surface area contributed by atoms with Gasteiger partial charge in [-0.05, 0) is 207 Å². The SMILES string of the molecule is CC(=O)C=C(C)O.[Ir].[Ir].[Ir].[Ir].[c-]1c(-c2ccccn2)cc2c3c1Oc1ccccc1B3c1ccccc1O2.[c-]1c(-c2ccccn2)cc2c3c1Oc1ccccc1B3c1ccccc1O2.[c-]1c(-c2ccccn2)cc2c3c1Oc1ccccc1N3c1ccccc1O2.[c-]1c(-c2ccccn2)cc2c3c1Oc1ccccc1N3c1ccccc1O2.c1ccc(-c2nc3ccccc3[n-]2)nc1.c1cnc(-c2nc3ccccc3[n-]2)nc1. The number of fused-ring (bicyclic) bond motifs is 18. The molecule has 23 nitrogen and oxygen atoms in total. The summed E-state index contributed by atoms with van der Waals surface area (Å²) in [6.07, 6.45) is 13.4. The molecule has 8 aliphatic rings. The van der Waals surface area contributed by atoms with E-state index in [4.69, 9.17) is 43.0 Å². The van der Waals surface area contributed by atoms with Crippen molar-refractivity contribution < 1.29 is 128 Å². The van der Waals surface area contributed by atoms with Gasteiger partial charge in [0.25, 0.3) is 0 Å². The molecule has 1 N–H and O–H groups in total. The van der Waals surface area contributed by atoms with Crippen molar-refractivity contribution in [2.24, 2.45) is 0 Å². The van der Waals surface area contributed by atoms with Crippen molar-refractivity contribution in [3.8, 4) is 160 Å². The average molecular weight is 2650 g/mol. The van der Waals surface area contributed by atoms with Gasteiger partial charge in [0.2, 0.25) is 13.4 Å². The molecule has 14 aromatic carbocycles. The molecule has 8 aromatic heterocycles. The molecule has 22 aromatic rings. The van der Waals surface area contributed by atoms with Gasteiger partial charge in [-0.25, -0.2) is 9.97 Å². The third-order valence-corrected chi connectivity index (χ3v) is 24.6. The van der Waals surface area contributed by atoms with E-state index in [1.165, 1.54) is 19.9 Å². The summed E-state index contributed by atoms with van der Waals surface area (Å²) in [5, 5.41) is 8.36. The molecule has 0 fully saturated rings. The zero-order chi connectivity index (χ0) is 97.2. The Balaban J connectivity index is 0.000000108. The van der Waals surface area contributed by atoms with Crippen LogP contribution in [0.3, 0.4) is 0 Å². The Kier molecular flexibility index (Phi) is 29.3. The van der Waals surface area contributed by atoms with Crippen LogP contribution in [-0.4, -0.2) is 69.2 Å². The molecule has 30 rings (SSSR count). The second kappa shape index (κ2) is 44.0. The predicted molar refractivity (Wildman–Crippen MR) is 561 cm³/mol. The number of ether oxygens (including phenoxy) is 8. The van der Waals surface area contributed by atoms with Crippen LogP contribution in [0.5, 0.6) is 92.0 Å². The summed E-state index contributed by atoms with van der Waals surface area (Å²) in [5.41, 5.74) is 23.5. The van der Waals surface area contributed by atoms with E-state index in [0.717, 1.165) is 209 Å². The summed E-state index contributed by atoms with van der Waals surface area (Å²) in [6, 6.07) is 133. The van der Waals surface area contributed by atoms with Crippen molar-refractivity contribution in [1.29, 1.82) is 0 Å². The fourth-order valence-corrected chi connectivity index (χ4v) is 18.4. The largest absolute Gasteiger partial charge is 0.512 e. The van der Waals surface area contributed by atoms with E-state index in [1.807, 2.05) is 285 Å². The van der Waals surface area contributed by atoms with E-state index in [-0.39, 0.29) is 105 Å². The number of hydrogen-bond acceptors (Lipinski definition) is 21. The molecule has 16 heterocycles. The maximum Gasteiger partial charge on any atom is 0.208 e. The van der Waals surface area contributed by atoms with Crippen LogP contribution in [0, 0.1) is 24.3 Å². The van der Waals surface area contributed by atoms with Crippen molar-refractivity contribution in [2.45, 2.75) is 13.8 Å². The number of para-hydroxylation sites is 16. The van der Waals surface area contributed by atoms with Crippen LogP contribution in [0.4, 0.5) is 34.1 Å². The van der Waals surface area contributed by atoms with Crippen LogP contribution < -0.4 is 90.4 Å². The molecule has 0 saturated heterocycles. The Bertz CT molecular complexity index is 7520. The number of imidazole rings is 2. The fourth-order valence-electron chi connectivity index (χ4n) is 18.4. The zero-order valence-corrected chi connectivity index (χ0v) is 88.3. The summed E-state index contributed by atoms with van der Waals surface area (Å²) in [7, 11) is 0. The van der Waals surface area contributed by atoms with Gasteiger partial charge in [-0.15, -0.1) is 34.4 Å². The molecule has 4 radical (unpaired) electrons. The maximum atomic E-state index is 10.0. The van der Waals surface area contributed by atoms with Crippen LogP contribution in [0.25, 0.3) is 90.3 Å². The summed E-state index contributed by atoms with van der Waals surface area (Å²) < 4.78 is 49.9. The number of carbonyl (C=O) groups excluding carboxylic acids is 1. The Morgan fingerprint density at radius 3 is 0.906 bits per heavy atom. The second-order valence-corrected chi connectivity index (χ2v) is 34.0. The van der Waals surface area contributed by atoms with Crippen LogP contribution in [0.1, 0.15) is 13.8 Å². The first kappa shape index (κ1) is 99.1. The monoisotopic (exact) mass is 2650 g/mol.